The molecule has 1 aromatic rings. The molecule has 0 aliphatic carbocycles. The molecule has 0 aromatic carbocycles. The molecule has 3 heteroatoms. The first kappa shape index (κ1) is 14.7. The number of methoxy groups -OCH3 is 1. The Morgan fingerprint density at radius 3 is 2.67 bits per heavy atom. The second kappa shape index (κ2) is 5.98. The van der Waals surface area contributed by atoms with Crippen LogP contribution in [0.25, 0.3) is 0 Å². The zero-order valence-corrected chi connectivity index (χ0v) is 12.0. The van der Waals surface area contributed by atoms with Gasteiger partial charge in [0.1, 0.15) is 11.4 Å². The third-order valence-corrected chi connectivity index (χ3v) is 2.75. The summed E-state index contributed by atoms with van der Waals surface area (Å²) in [5.41, 5.74) is 0.689. The van der Waals surface area contributed by atoms with Gasteiger partial charge in [0.25, 0.3) is 0 Å². The fourth-order valence-electron chi connectivity index (χ4n) is 2.30. The van der Waals surface area contributed by atoms with E-state index in [0.717, 1.165) is 6.42 Å². The maximum Gasteiger partial charge on any atom is 0.185 e. The molecule has 3 nitrogen and oxygen atoms in total. The fraction of sp³-hybridized carbons (Fsp3) is 0.600. The highest BCUT2D eigenvalue weighted by molar-refractivity contribution is 5.96. The standard InChI is InChI=1S/C15H23NO2/c1-11(10-15(2,3)4)9-12(17)14-13(18-5)7-6-8-16-14/h6-8,11H,9-10H2,1-5H3. The van der Waals surface area contributed by atoms with Gasteiger partial charge < -0.3 is 4.74 Å². The summed E-state index contributed by atoms with van der Waals surface area (Å²) in [5, 5.41) is 0. The predicted octanol–water partition coefficient (Wildman–Crippen LogP) is 3.74. The molecule has 1 heterocycles. The summed E-state index contributed by atoms with van der Waals surface area (Å²) in [7, 11) is 1.56. The highest BCUT2D eigenvalue weighted by atomic mass is 16.5. The zero-order valence-electron chi connectivity index (χ0n) is 12.0. The van der Waals surface area contributed by atoms with Crippen molar-refractivity contribution in [2.45, 2.75) is 40.5 Å². The van der Waals surface area contributed by atoms with Crippen LogP contribution in [0.15, 0.2) is 18.3 Å². The molecule has 1 aromatic heterocycles. The van der Waals surface area contributed by atoms with Crippen LogP contribution in [0.1, 0.15) is 51.0 Å². The van der Waals surface area contributed by atoms with Crippen LogP contribution in [-0.4, -0.2) is 17.9 Å². The van der Waals surface area contributed by atoms with Crippen molar-refractivity contribution in [2.75, 3.05) is 7.11 Å². The van der Waals surface area contributed by atoms with E-state index in [0.29, 0.717) is 23.8 Å². The number of carbonyl (C=O) groups excluding carboxylic acids is 1. The first-order valence-electron chi connectivity index (χ1n) is 6.35. The van der Waals surface area contributed by atoms with Gasteiger partial charge in [-0.1, -0.05) is 27.7 Å². The molecule has 0 aliphatic rings. The maximum atomic E-state index is 12.2. The summed E-state index contributed by atoms with van der Waals surface area (Å²) in [6.07, 6.45) is 3.17. The van der Waals surface area contributed by atoms with Crippen molar-refractivity contribution in [3.63, 3.8) is 0 Å². The van der Waals surface area contributed by atoms with Gasteiger partial charge in [-0.25, -0.2) is 4.98 Å². The monoisotopic (exact) mass is 249 g/mol. The molecule has 0 radical (unpaired) electrons. The molecule has 0 fully saturated rings. The van der Waals surface area contributed by atoms with E-state index in [-0.39, 0.29) is 11.2 Å². The van der Waals surface area contributed by atoms with Crippen LogP contribution in [0, 0.1) is 11.3 Å². The molecule has 1 atom stereocenters. The first-order chi connectivity index (χ1) is 8.33. The van der Waals surface area contributed by atoms with Crippen molar-refractivity contribution in [3.05, 3.63) is 24.0 Å². The molecule has 0 saturated carbocycles. The van der Waals surface area contributed by atoms with Gasteiger partial charge in [-0.3, -0.25) is 4.79 Å². The number of carbonyl (C=O) groups is 1. The van der Waals surface area contributed by atoms with Gasteiger partial charge in [-0.2, -0.15) is 0 Å². The van der Waals surface area contributed by atoms with Gasteiger partial charge in [0, 0.05) is 12.6 Å². The summed E-state index contributed by atoms with van der Waals surface area (Å²) in [5.74, 6) is 0.971. The molecule has 1 unspecified atom stereocenters. The average Bonchev–Trinajstić information content (AvgIpc) is 2.26. The molecule has 1 rings (SSSR count). The lowest BCUT2D eigenvalue weighted by Gasteiger charge is -2.22. The van der Waals surface area contributed by atoms with E-state index >= 15 is 0 Å². The van der Waals surface area contributed by atoms with E-state index in [1.807, 2.05) is 0 Å². The largest absolute Gasteiger partial charge is 0.494 e. The van der Waals surface area contributed by atoms with E-state index in [1.165, 1.54) is 0 Å². The Morgan fingerprint density at radius 1 is 1.44 bits per heavy atom. The van der Waals surface area contributed by atoms with Crippen LogP contribution >= 0.6 is 0 Å². The fourth-order valence-corrected chi connectivity index (χ4v) is 2.30. The van der Waals surface area contributed by atoms with E-state index in [9.17, 15) is 4.79 Å². The van der Waals surface area contributed by atoms with Crippen molar-refractivity contribution >= 4 is 5.78 Å². The Balaban J connectivity index is 2.71. The quantitative estimate of drug-likeness (QED) is 0.746. The number of rotatable bonds is 5. The van der Waals surface area contributed by atoms with Crippen molar-refractivity contribution in [1.29, 1.82) is 0 Å². The number of nitrogens with zero attached hydrogens (tertiary/aromatic N) is 1. The van der Waals surface area contributed by atoms with Crippen molar-refractivity contribution < 1.29 is 9.53 Å². The predicted molar refractivity (Wildman–Crippen MR) is 73.0 cm³/mol. The number of hydrogen-bond donors (Lipinski definition) is 0. The topological polar surface area (TPSA) is 39.2 Å². The lowest BCUT2D eigenvalue weighted by Crippen LogP contribution is -2.15. The van der Waals surface area contributed by atoms with Gasteiger partial charge in [0.15, 0.2) is 5.78 Å². The summed E-state index contributed by atoms with van der Waals surface area (Å²) in [4.78, 5) is 16.3. The van der Waals surface area contributed by atoms with Crippen LogP contribution in [0.4, 0.5) is 0 Å². The third kappa shape index (κ3) is 4.47. The lowest BCUT2D eigenvalue weighted by molar-refractivity contribution is 0.0946. The smallest absolute Gasteiger partial charge is 0.185 e. The molecule has 100 valence electrons. The SMILES string of the molecule is COc1cccnc1C(=O)CC(C)CC(C)(C)C. The number of Topliss-reactive ketones (excluding diaryl/α,β-unsaturated/α-hetero) is 1. The molecule has 0 aliphatic heterocycles. The van der Waals surface area contributed by atoms with Gasteiger partial charge >= 0.3 is 0 Å². The van der Waals surface area contributed by atoms with Crippen LogP contribution in [0.5, 0.6) is 5.75 Å². The number of aromatic nitrogens is 1. The third-order valence-electron chi connectivity index (χ3n) is 2.75. The molecule has 18 heavy (non-hydrogen) atoms. The Kier molecular flexibility index (Phi) is 4.88. The number of ketones is 1. The van der Waals surface area contributed by atoms with Gasteiger partial charge in [0.2, 0.25) is 0 Å². The van der Waals surface area contributed by atoms with Crippen LogP contribution in [0.2, 0.25) is 0 Å². The Hall–Kier alpha value is -1.38. The minimum absolute atomic E-state index is 0.0594. The van der Waals surface area contributed by atoms with Crippen molar-refractivity contribution in [2.24, 2.45) is 11.3 Å². The first-order valence-corrected chi connectivity index (χ1v) is 6.35. The second-order valence-electron chi connectivity index (χ2n) is 6.05. The highest BCUT2D eigenvalue weighted by Gasteiger charge is 2.20. The average molecular weight is 249 g/mol. The van der Waals surface area contributed by atoms with Crippen LogP contribution in [-0.2, 0) is 0 Å². The highest BCUT2D eigenvalue weighted by Crippen LogP contribution is 2.27. The van der Waals surface area contributed by atoms with Crippen LogP contribution in [0.3, 0.4) is 0 Å². The molecule has 0 bridgehead atoms. The summed E-state index contributed by atoms with van der Waals surface area (Å²) in [6, 6.07) is 3.54. The second-order valence-corrected chi connectivity index (χ2v) is 6.05. The summed E-state index contributed by atoms with van der Waals surface area (Å²) >= 11 is 0. The maximum absolute atomic E-state index is 12.2. The van der Waals surface area contributed by atoms with Gasteiger partial charge in [-0.15, -0.1) is 0 Å². The van der Waals surface area contributed by atoms with E-state index in [1.54, 1.807) is 25.4 Å². The summed E-state index contributed by atoms with van der Waals surface area (Å²) in [6.45, 7) is 8.68. The number of pyridine rings is 1. The van der Waals surface area contributed by atoms with Gasteiger partial charge in [-0.05, 0) is 29.9 Å². The number of hydrogen-bond acceptors (Lipinski definition) is 3. The molecule has 0 spiro atoms. The molecule has 0 amide bonds. The normalized spacial score (nSPS) is 13.2. The summed E-state index contributed by atoms with van der Waals surface area (Å²) < 4.78 is 5.17. The van der Waals surface area contributed by atoms with E-state index in [4.69, 9.17) is 4.74 Å². The van der Waals surface area contributed by atoms with Crippen molar-refractivity contribution in [1.82, 2.24) is 4.98 Å². The molecular formula is C15H23NO2. The molecule has 0 N–H and O–H groups in total. The zero-order chi connectivity index (χ0) is 13.8. The van der Waals surface area contributed by atoms with Crippen molar-refractivity contribution in [3.8, 4) is 5.75 Å². The Labute approximate surface area is 110 Å². The number of ether oxygens (including phenoxy) is 1. The van der Waals surface area contributed by atoms with Gasteiger partial charge in [0.05, 0.1) is 7.11 Å². The molecular weight excluding hydrogens is 226 g/mol. The minimum Gasteiger partial charge on any atom is -0.494 e. The van der Waals surface area contributed by atoms with E-state index < -0.39 is 0 Å². The molecule has 0 saturated heterocycles. The Bertz CT molecular complexity index is 407. The minimum atomic E-state index is 0.0594. The lowest BCUT2D eigenvalue weighted by atomic mass is 9.83. The van der Waals surface area contributed by atoms with Crippen LogP contribution < -0.4 is 4.74 Å². The van der Waals surface area contributed by atoms with E-state index in [2.05, 4.69) is 32.7 Å². The Morgan fingerprint density at radius 2 is 2.11 bits per heavy atom.